The fraction of sp³-hybridized carbons (Fsp3) is 1.00. The minimum atomic E-state index is 0.698. The highest BCUT2D eigenvalue weighted by Crippen LogP contribution is 2.48. The van der Waals surface area contributed by atoms with Gasteiger partial charge in [-0.25, -0.2) is 0 Å². The van der Waals surface area contributed by atoms with E-state index in [4.69, 9.17) is 0 Å². The maximum atomic E-state index is 2.50. The molecule has 0 amide bonds. The summed E-state index contributed by atoms with van der Waals surface area (Å²) in [6, 6.07) is 0. The Morgan fingerprint density at radius 2 is 0.683 bits per heavy atom. The van der Waals surface area contributed by atoms with Crippen molar-refractivity contribution in [3.8, 4) is 0 Å². The lowest BCUT2D eigenvalue weighted by atomic mass is 9.64. The molecule has 360 valence electrons. The maximum Gasteiger partial charge on any atom is -0.0297 e. The highest BCUT2D eigenvalue weighted by molar-refractivity contribution is 4.87. The molecule has 60 heavy (non-hydrogen) atoms. The van der Waals surface area contributed by atoms with Crippen LogP contribution in [0.15, 0.2) is 0 Å². The normalized spacial score (nSPS) is 24.5. The molecular formula is C60H120. The zero-order valence-electron chi connectivity index (χ0n) is 44.8. The Balaban J connectivity index is 0.000000600. The number of hydrogen-bond acceptors (Lipinski definition) is 0. The summed E-state index contributed by atoms with van der Waals surface area (Å²) in [6.45, 7) is 33.9. The minimum Gasteiger partial charge on any atom is -0.0649 e. The average Bonchev–Trinajstić information content (AvgIpc) is 3.18. The SMILES string of the molecule is CCC1(CCCC(C)CCCC(C)C)CCC(CCCC(C)CCCC(C)C)CC1.CCC1(CCCC(C)CCCC(C)C)CCCC(CCCC(C)CCCC(C)C)C1. The lowest BCUT2D eigenvalue weighted by Crippen LogP contribution is -2.28. The smallest absolute Gasteiger partial charge is 0.0297 e. The summed E-state index contributed by atoms with van der Waals surface area (Å²) in [6.07, 6.45) is 50.2. The molecule has 0 bridgehead atoms. The molecular weight excluding hydrogens is 721 g/mol. The van der Waals surface area contributed by atoms with Crippen molar-refractivity contribution in [1.29, 1.82) is 0 Å². The summed E-state index contributed by atoms with van der Waals surface area (Å²) in [5.41, 5.74) is 1.40. The zero-order valence-corrected chi connectivity index (χ0v) is 44.8. The van der Waals surface area contributed by atoms with Crippen LogP contribution in [0.3, 0.4) is 0 Å². The Labute approximate surface area is 383 Å². The summed E-state index contributed by atoms with van der Waals surface area (Å²) >= 11 is 0. The van der Waals surface area contributed by atoms with Crippen molar-refractivity contribution in [2.75, 3.05) is 0 Å². The molecule has 2 aliphatic rings. The first-order valence-electron chi connectivity index (χ1n) is 28.5. The van der Waals surface area contributed by atoms with E-state index in [1.54, 1.807) is 6.42 Å². The van der Waals surface area contributed by atoms with Crippen LogP contribution in [0.2, 0.25) is 0 Å². The van der Waals surface area contributed by atoms with Gasteiger partial charge in [0.15, 0.2) is 0 Å². The molecule has 0 heterocycles. The first-order valence-corrected chi connectivity index (χ1v) is 28.5. The van der Waals surface area contributed by atoms with Gasteiger partial charge in [0.2, 0.25) is 0 Å². The van der Waals surface area contributed by atoms with Crippen LogP contribution in [0.1, 0.15) is 315 Å². The van der Waals surface area contributed by atoms with E-state index in [9.17, 15) is 0 Å². The molecule has 0 saturated heterocycles. The Morgan fingerprint density at radius 3 is 1.05 bits per heavy atom. The van der Waals surface area contributed by atoms with E-state index in [1.807, 2.05) is 0 Å². The predicted molar refractivity (Wildman–Crippen MR) is 276 cm³/mol. The lowest BCUT2D eigenvalue weighted by molar-refractivity contribution is 0.107. The summed E-state index contributed by atoms with van der Waals surface area (Å²) in [7, 11) is 0. The largest absolute Gasteiger partial charge is 0.0649 e. The standard InChI is InChI=1S/2C30H60/c1-8-30(22-12-19-28(7)17-10-15-26(4)5)23-13-21-29(24-30)20-11-18-27(6)16-9-14-25(2)3;1-8-30(22-12-18-28(7)16-10-14-26(4)5)23-20-29(21-24-30)19-11-17-27(6)15-9-13-25(2)3/h2*25-29H,8-24H2,1-7H3. The molecule has 0 aromatic carbocycles. The Kier molecular flexibility index (Phi) is 33.2. The summed E-state index contributed by atoms with van der Waals surface area (Å²) in [5, 5.41) is 0. The van der Waals surface area contributed by atoms with Crippen molar-refractivity contribution in [2.45, 2.75) is 315 Å². The second kappa shape index (κ2) is 34.4. The topological polar surface area (TPSA) is 0 Å². The second-order valence-electron chi connectivity index (χ2n) is 25.0. The third-order valence-corrected chi connectivity index (χ3v) is 17.0. The van der Waals surface area contributed by atoms with E-state index in [2.05, 4.69) is 96.9 Å². The van der Waals surface area contributed by atoms with Gasteiger partial charge in [-0.15, -0.1) is 0 Å². The van der Waals surface area contributed by atoms with Gasteiger partial charge in [-0.1, -0.05) is 264 Å². The molecule has 0 N–H and O–H groups in total. The fourth-order valence-electron chi connectivity index (χ4n) is 12.1. The van der Waals surface area contributed by atoms with E-state index in [0.717, 1.165) is 59.2 Å². The molecule has 0 nitrogen and oxygen atoms in total. The van der Waals surface area contributed by atoms with Gasteiger partial charge >= 0.3 is 0 Å². The van der Waals surface area contributed by atoms with Gasteiger partial charge in [-0.2, -0.15) is 0 Å². The average molecular weight is 842 g/mol. The highest BCUT2D eigenvalue weighted by Gasteiger charge is 2.35. The van der Waals surface area contributed by atoms with Crippen molar-refractivity contribution < 1.29 is 0 Å². The van der Waals surface area contributed by atoms with Crippen molar-refractivity contribution >= 4 is 0 Å². The quantitative estimate of drug-likeness (QED) is 0.0606. The van der Waals surface area contributed by atoms with Crippen molar-refractivity contribution in [1.82, 2.24) is 0 Å². The van der Waals surface area contributed by atoms with Crippen molar-refractivity contribution in [3.63, 3.8) is 0 Å². The van der Waals surface area contributed by atoms with Crippen LogP contribution in [0.5, 0.6) is 0 Å². The molecule has 2 rings (SSSR count). The molecule has 6 atom stereocenters. The van der Waals surface area contributed by atoms with E-state index in [0.29, 0.717) is 10.8 Å². The van der Waals surface area contributed by atoms with Crippen LogP contribution in [-0.2, 0) is 0 Å². The third kappa shape index (κ3) is 29.4. The molecule has 0 aliphatic heterocycles. The summed E-state index contributed by atoms with van der Waals surface area (Å²) in [4.78, 5) is 0. The molecule has 0 radical (unpaired) electrons. The predicted octanol–water partition coefficient (Wildman–Crippen LogP) is 21.7. The van der Waals surface area contributed by atoms with Crippen LogP contribution in [0.25, 0.3) is 0 Å². The lowest BCUT2D eigenvalue weighted by Gasteiger charge is -2.41. The van der Waals surface area contributed by atoms with Gasteiger partial charge in [0.05, 0.1) is 0 Å². The van der Waals surface area contributed by atoms with Gasteiger partial charge in [-0.3, -0.25) is 0 Å². The Hall–Kier alpha value is 0. The summed E-state index contributed by atoms with van der Waals surface area (Å²) < 4.78 is 0. The molecule has 2 fully saturated rings. The fourth-order valence-corrected chi connectivity index (χ4v) is 12.1. The first kappa shape index (κ1) is 58.0. The molecule has 0 heteroatoms. The Bertz CT molecular complexity index is 932. The van der Waals surface area contributed by atoms with Crippen LogP contribution in [0.4, 0.5) is 0 Å². The van der Waals surface area contributed by atoms with Crippen molar-refractivity contribution in [3.05, 3.63) is 0 Å². The van der Waals surface area contributed by atoms with Crippen LogP contribution in [0, 0.1) is 70.0 Å². The molecule has 6 unspecified atom stereocenters. The maximum absolute atomic E-state index is 2.50. The van der Waals surface area contributed by atoms with E-state index < -0.39 is 0 Å². The molecule has 2 aliphatic carbocycles. The number of hydrogen-bond donors (Lipinski definition) is 0. The van der Waals surface area contributed by atoms with Gasteiger partial charge in [0.1, 0.15) is 0 Å². The highest BCUT2D eigenvalue weighted by atomic mass is 14.4. The Morgan fingerprint density at radius 1 is 0.350 bits per heavy atom. The van der Waals surface area contributed by atoms with Gasteiger partial charge in [0, 0.05) is 0 Å². The van der Waals surface area contributed by atoms with E-state index >= 15 is 0 Å². The zero-order chi connectivity index (χ0) is 44.8. The summed E-state index contributed by atoms with van der Waals surface area (Å²) in [5.74, 6) is 9.37. The van der Waals surface area contributed by atoms with E-state index in [1.165, 1.54) is 212 Å². The molecule has 0 aromatic heterocycles. The molecule has 2 saturated carbocycles. The van der Waals surface area contributed by atoms with Crippen LogP contribution < -0.4 is 0 Å². The second-order valence-corrected chi connectivity index (χ2v) is 25.0. The molecule has 0 aromatic rings. The minimum absolute atomic E-state index is 0.698. The first-order chi connectivity index (χ1) is 28.5. The van der Waals surface area contributed by atoms with Gasteiger partial charge in [-0.05, 0) is 121 Å². The number of rotatable bonds is 34. The third-order valence-electron chi connectivity index (χ3n) is 17.0. The van der Waals surface area contributed by atoms with Gasteiger partial charge < -0.3 is 0 Å². The van der Waals surface area contributed by atoms with Crippen LogP contribution >= 0.6 is 0 Å². The molecule has 0 spiro atoms. The monoisotopic (exact) mass is 841 g/mol. The van der Waals surface area contributed by atoms with Crippen molar-refractivity contribution in [2.24, 2.45) is 70.0 Å². The van der Waals surface area contributed by atoms with Gasteiger partial charge in [0.25, 0.3) is 0 Å². The van der Waals surface area contributed by atoms with Crippen LogP contribution in [-0.4, -0.2) is 0 Å². The van der Waals surface area contributed by atoms with E-state index in [-0.39, 0.29) is 0 Å².